The van der Waals surface area contributed by atoms with Crippen molar-refractivity contribution in [2.24, 2.45) is 0 Å². The number of para-hydroxylation sites is 2. The Kier molecular flexibility index (Phi) is 8.01. The van der Waals surface area contributed by atoms with Gasteiger partial charge in [0.1, 0.15) is 17.1 Å². The van der Waals surface area contributed by atoms with E-state index < -0.39 is 28.7 Å². The van der Waals surface area contributed by atoms with Gasteiger partial charge in [0, 0.05) is 12.1 Å². The fourth-order valence-electron chi connectivity index (χ4n) is 3.58. The molecule has 0 spiro atoms. The van der Waals surface area contributed by atoms with Crippen LogP contribution in [-0.4, -0.2) is 42.4 Å². The van der Waals surface area contributed by atoms with E-state index in [0.717, 1.165) is 12.1 Å². The minimum atomic E-state index is -0.979. The monoisotopic (exact) mass is 594 g/mol. The van der Waals surface area contributed by atoms with Crippen molar-refractivity contribution >= 4 is 62.8 Å². The van der Waals surface area contributed by atoms with Crippen LogP contribution >= 0.6 is 15.9 Å². The van der Waals surface area contributed by atoms with Crippen LogP contribution in [0.4, 0.5) is 21.9 Å². The predicted molar refractivity (Wildman–Crippen MR) is 143 cm³/mol. The summed E-state index contributed by atoms with van der Waals surface area (Å²) in [5.74, 6) is -1.39. The lowest BCUT2D eigenvalue weighted by Gasteiger charge is -2.26. The molecule has 5 amide bonds. The predicted octanol–water partition coefficient (Wildman–Crippen LogP) is 4.05. The van der Waals surface area contributed by atoms with Crippen LogP contribution in [0.1, 0.15) is 5.56 Å². The second kappa shape index (κ2) is 11.6. The maximum absolute atomic E-state index is 13.0. The molecule has 3 aromatic rings. The number of halogens is 1. The number of hydrogen-bond donors (Lipinski definition) is 2. The van der Waals surface area contributed by atoms with Crippen molar-refractivity contribution in [2.75, 3.05) is 23.9 Å². The number of carbonyl (C=O) groups is 4. The molecule has 13 heteroatoms. The molecule has 2 N–H and O–H groups in total. The zero-order chi connectivity index (χ0) is 28.1. The summed E-state index contributed by atoms with van der Waals surface area (Å²) < 4.78 is 11.2. The molecule has 1 aliphatic rings. The summed E-state index contributed by atoms with van der Waals surface area (Å²) >= 11 is 3.35. The molecule has 39 heavy (non-hydrogen) atoms. The number of nitro groups is 1. The fraction of sp³-hybridized carbons (Fsp3) is 0.0769. The standard InChI is InChI=1S/C26H19BrN4O8/c1-38-22-5-3-2-4-20(22)28-23(32)14-39-21-11-6-15(13-19(21)27)12-18-24(33)29-26(35)30(25(18)34)16-7-9-17(10-8-16)31(36)37/h2-13H,14H2,1H3,(H,28,32)(H,29,33,35)/b18-12-. The number of benzene rings is 3. The van der Waals surface area contributed by atoms with Gasteiger partial charge in [-0.05, 0) is 64.0 Å². The highest BCUT2D eigenvalue weighted by molar-refractivity contribution is 9.10. The number of anilines is 2. The lowest BCUT2D eigenvalue weighted by molar-refractivity contribution is -0.384. The average molecular weight is 595 g/mol. The van der Waals surface area contributed by atoms with Gasteiger partial charge in [-0.2, -0.15) is 0 Å². The zero-order valence-electron chi connectivity index (χ0n) is 20.2. The summed E-state index contributed by atoms with van der Waals surface area (Å²) in [5.41, 5.74) is 0.415. The van der Waals surface area contributed by atoms with Crippen molar-refractivity contribution in [3.8, 4) is 11.5 Å². The molecule has 12 nitrogen and oxygen atoms in total. The van der Waals surface area contributed by atoms with Crippen LogP contribution in [0.5, 0.6) is 11.5 Å². The number of urea groups is 1. The number of ether oxygens (including phenoxy) is 2. The summed E-state index contributed by atoms with van der Waals surface area (Å²) in [7, 11) is 1.49. The van der Waals surface area contributed by atoms with Crippen LogP contribution in [0.15, 0.2) is 76.8 Å². The summed E-state index contributed by atoms with van der Waals surface area (Å²) in [6, 6.07) is 15.3. The maximum atomic E-state index is 13.0. The molecule has 0 atom stereocenters. The Labute approximate surface area is 229 Å². The van der Waals surface area contributed by atoms with E-state index in [4.69, 9.17) is 9.47 Å². The minimum Gasteiger partial charge on any atom is -0.495 e. The van der Waals surface area contributed by atoms with E-state index >= 15 is 0 Å². The number of nitrogens with zero attached hydrogens (tertiary/aromatic N) is 2. The number of nitro benzene ring substituents is 1. The van der Waals surface area contributed by atoms with Gasteiger partial charge in [-0.3, -0.25) is 29.8 Å². The van der Waals surface area contributed by atoms with Crippen molar-refractivity contribution in [1.82, 2.24) is 5.32 Å². The molecular formula is C26H19BrN4O8. The Bertz CT molecular complexity index is 1520. The number of imide groups is 2. The van der Waals surface area contributed by atoms with Gasteiger partial charge in [-0.25, -0.2) is 9.69 Å². The number of rotatable bonds is 8. The normalized spacial score (nSPS) is 14.2. The first-order chi connectivity index (χ1) is 18.7. The van der Waals surface area contributed by atoms with E-state index in [1.807, 2.05) is 0 Å². The second-order valence-corrected chi connectivity index (χ2v) is 8.81. The molecule has 0 aromatic heterocycles. The van der Waals surface area contributed by atoms with E-state index in [9.17, 15) is 29.3 Å². The maximum Gasteiger partial charge on any atom is 0.335 e. The number of nitrogens with one attached hydrogen (secondary N) is 2. The van der Waals surface area contributed by atoms with Crippen molar-refractivity contribution in [1.29, 1.82) is 0 Å². The van der Waals surface area contributed by atoms with Gasteiger partial charge in [0.15, 0.2) is 6.61 Å². The number of amides is 5. The highest BCUT2D eigenvalue weighted by Crippen LogP contribution is 2.29. The van der Waals surface area contributed by atoms with Crippen LogP contribution in [0, 0.1) is 10.1 Å². The molecule has 0 saturated carbocycles. The smallest absolute Gasteiger partial charge is 0.335 e. The van der Waals surface area contributed by atoms with Crippen LogP contribution < -0.4 is 25.0 Å². The van der Waals surface area contributed by atoms with E-state index in [-0.39, 0.29) is 23.6 Å². The molecule has 0 radical (unpaired) electrons. The average Bonchev–Trinajstić information content (AvgIpc) is 2.91. The fourth-order valence-corrected chi connectivity index (χ4v) is 4.09. The van der Waals surface area contributed by atoms with Crippen LogP contribution in [0.3, 0.4) is 0 Å². The largest absolute Gasteiger partial charge is 0.495 e. The number of methoxy groups -OCH3 is 1. The van der Waals surface area contributed by atoms with Crippen LogP contribution in [0.25, 0.3) is 6.08 Å². The van der Waals surface area contributed by atoms with Gasteiger partial charge in [0.25, 0.3) is 23.4 Å². The van der Waals surface area contributed by atoms with Crippen LogP contribution in [-0.2, 0) is 14.4 Å². The number of non-ortho nitro benzene ring substituents is 1. The van der Waals surface area contributed by atoms with Crippen LogP contribution in [0.2, 0.25) is 0 Å². The Hall–Kier alpha value is -5.04. The molecular weight excluding hydrogens is 576 g/mol. The number of carbonyl (C=O) groups excluding carboxylic acids is 4. The van der Waals surface area contributed by atoms with Crippen molar-refractivity contribution < 1.29 is 33.6 Å². The van der Waals surface area contributed by atoms with E-state index in [1.165, 1.54) is 31.4 Å². The Morgan fingerprint density at radius 3 is 2.46 bits per heavy atom. The quantitative estimate of drug-likeness (QED) is 0.171. The first kappa shape index (κ1) is 27.0. The Morgan fingerprint density at radius 1 is 1.08 bits per heavy atom. The third-order valence-corrected chi connectivity index (χ3v) is 6.05. The molecule has 198 valence electrons. The van der Waals surface area contributed by atoms with Gasteiger partial charge >= 0.3 is 6.03 Å². The first-order valence-electron chi connectivity index (χ1n) is 11.2. The molecule has 1 saturated heterocycles. The van der Waals surface area contributed by atoms with Crippen molar-refractivity contribution in [3.05, 3.63) is 92.5 Å². The van der Waals surface area contributed by atoms with E-state index in [2.05, 4.69) is 26.6 Å². The summed E-state index contributed by atoms with van der Waals surface area (Å²) in [5, 5.41) is 15.7. The molecule has 3 aromatic carbocycles. The topological polar surface area (TPSA) is 157 Å². The molecule has 0 aliphatic carbocycles. The Balaban J connectivity index is 1.48. The number of barbiturate groups is 1. The minimum absolute atomic E-state index is 0.0535. The van der Waals surface area contributed by atoms with Gasteiger partial charge in [0.2, 0.25) is 0 Å². The third-order valence-electron chi connectivity index (χ3n) is 5.43. The van der Waals surface area contributed by atoms with Gasteiger partial charge in [-0.15, -0.1) is 0 Å². The molecule has 0 unspecified atom stereocenters. The Morgan fingerprint density at radius 2 is 1.79 bits per heavy atom. The SMILES string of the molecule is COc1ccccc1NC(=O)COc1ccc(/C=C2/C(=O)NC(=O)N(c3ccc([N+](=O)[O-])cc3)C2=O)cc1Br. The van der Waals surface area contributed by atoms with Crippen molar-refractivity contribution in [2.45, 2.75) is 0 Å². The zero-order valence-corrected chi connectivity index (χ0v) is 21.8. The first-order valence-corrected chi connectivity index (χ1v) is 12.0. The third kappa shape index (κ3) is 6.10. The lowest BCUT2D eigenvalue weighted by Crippen LogP contribution is -2.54. The van der Waals surface area contributed by atoms with Crippen molar-refractivity contribution in [3.63, 3.8) is 0 Å². The van der Waals surface area contributed by atoms with E-state index in [1.54, 1.807) is 36.4 Å². The molecule has 1 aliphatic heterocycles. The number of hydrogen-bond acceptors (Lipinski definition) is 8. The summed E-state index contributed by atoms with van der Waals surface area (Å²) in [4.78, 5) is 61.2. The van der Waals surface area contributed by atoms with Gasteiger partial charge < -0.3 is 14.8 Å². The highest BCUT2D eigenvalue weighted by atomic mass is 79.9. The highest BCUT2D eigenvalue weighted by Gasteiger charge is 2.37. The van der Waals surface area contributed by atoms with E-state index in [0.29, 0.717) is 32.1 Å². The summed E-state index contributed by atoms with van der Waals surface area (Å²) in [6.45, 7) is -0.301. The molecule has 0 bridgehead atoms. The molecule has 4 rings (SSSR count). The lowest BCUT2D eigenvalue weighted by atomic mass is 10.1. The second-order valence-electron chi connectivity index (χ2n) is 7.96. The summed E-state index contributed by atoms with van der Waals surface area (Å²) in [6.07, 6.45) is 1.28. The van der Waals surface area contributed by atoms with Gasteiger partial charge in [0.05, 0.1) is 27.9 Å². The van der Waals surface area contributed by atoms with Gasteiger partial charge in [-0.1, -0.05) is 18.2 Å². The molecule has 1 fully saturated rings. The molecule has 1 heterocycles.